The number of carbonyl (C=O) groups excluding carboxylic acids is 1. The van der Waals surface area contributed by atoms with E-state index in [1.165, 1.54) is 10.5 Å². The quantitative estimate of drug-likeness (QED) is 0.759. The van der Waals surface area contributed by atoms with Crippen molar-refractivity contribution in [3.05, 3.63) is 84.2 Å². The fourth-order valence-corrected chi connectivity index (χ4v) is 4.34. The van der Waals surface area contributed by atoms with E-state index in [0.29, 0.717) is 6.42 Å². The maximum Gasteiger partial charge on any atom is 0.224 e. The molecule has 1 atom stereocenters. The summed E-state index contributed by atoms with van der Waals surface area (Å²) in [5.74, 6) is 1.13. The summed E-state index contributed by atoms with van der Waals surface area (Å²) < 4.78 is 2.06. The topological polar surface area (TPSA) is 34.0 Å². The summed E-state index contributed by atoms with van der Waals surface area (Å²) in [4.78, 5) is 13.8. The molecule has 0 saturated heterocycles. The second kappa shape index (κ2) is 7.19. The van der Waals surface area contributed by atoms with Gasteiger partial charge in [-0.05, 0) is 47.9 Å². The minimum Gasteiger partial charge on any atom is -0.349 e. The summed E-state index contributed by atoms with van der Waals surface area (Å²) in [6.45, 7) is 0. The number of carbonyl (C=O) groups is 1. The van der Waals surface area contributed by atoms with Gasteiger partial charge in [-0.25, -0.2) is 0 Å². The molecule has 126 valence electrons. The number of hydrogen-bond donors (Lipinski definition) is 1. The highest BCUT2D eigenvalue weighted by molar-refractivity contribution is 7.99. The van der Waals surface area contributed by atoms with Crippen LogP contribution in [0.25, 0.3) is 5.69 Å². The molecule has 0 bridgehead atoms. The van der Waals surface area contributed by atoms with E-state index in [2.05, 4.69) is 40.2 Å². The van der Waals surface area contributed by atoms with Gasteiger partial charge in [0.1, 0.15) is 0 Å². The molecule has 0 fully saturated rings. The Morgan fingerprint density at radius 1 is 1.04 bits per heavy atom. The lowest BCUT2D eigenvalue weighted by Gasteiger charge is -2.25. The van der Waals surface area contributed by atoms with Crippen molar-refractivity contribution in [2.24, 2.45) is 0 Å². The molecule has 1 N–H and O–H groups in total. The monoisotopic (exact) mass is 348 g/mol. The first-order valence-electron chi connectivity index (χ1n) is 8.53. The predicted octanol–water partition coefficient (Wildman–Crippen LogP) is 4.37. The van der Waals surface area contributed by atoms with E-state index in [1.54, 1.807) is 0 Å². The van der Waals surface area contributed by atoms with Gasteiger partial charge < -0.3 is 9.88 Å². The third-order valence-corrected chi connectivity index (χ3v) is 5.62. The Hall–Kier alpha value is -2.46. The molecule has 0 spiro atoms. The van der Waals surface area contributed by atoms with Crippen LogP contribution in [0.2, 0.25) is 0 Å². The Labute approximate surface area is 152 Å². The Bertz CT molecular complexity index is 856. The summed E-state index contributed by atoms with van der Waals surface area (Å²) in [5, 5.41) is 3.21. The van der Waals surface area contributed by atoms with E-state index < -0.39 is 0 Å². The lowest BCUT2D eigenvalue weighted by atomic mass is 10.0. The highest BCUT2D eigenvalue weighted by atomic mass is 32.2. The van der Waals surface area contributed by atoms with Crippen molar-refractivity contribution < 1.29 is 4.79 Å². The molecule has 4 rings (SSSR count). The predicted molar refractivity (Wildman–Crippen MR) is 102 cm³/mol. The minimum atomic E-state index is 0.0837. The van der Waals surface area contributed by atoms with E-state index >= 15 is 0 Å². The third-order valence-electron chi connectivity index (χ3n) is 4.50. The van der Waals surface area contributed by atoms with Gasteiger partial charge in [0.05, 0.1) is 12.5 Å². The molecule has 2 heterocycles. The van der Waals surface area contributed by atoms with Gasteiger partial charge in [0.15, 0.2) is 0 Å². The molecule has 3 aromatic rings. The van der Waals surface area contributed by atoms with Crippen LogP contribution in [-0.4, -0.2) is 16.2 Å². The standard InChI is InChI=1S/C21H20N2OS/c24-21(22-19-11-14-25-20-6-2-1-5-18(19)20)15-16-7-9-17(10-8-16)23-12-3-4-13-23/h1-10,12-13,19H,11,14-15H2,(H,22,24). The maximum absolute atomic E-state index is 12.5. The number of aromatic nitrogens is 1. The summed E-state index contributed by atoms with van der Waals surface area (Å²) in [7, 11) is 0. The fourth-order valence-electron chi connectivity index (χ4n) is 3.22. The lowest BCUT2D eigenvalue weighted by Crippen LogP contribution is -2.31. The normalized spacial score (nSPS) is 16.2. The van der Waals surface area contributed by atoms with Crippen LogP contribution in [0.3, 0.4) is 0 Å². The number of amides is 1. The number of fused-ring (bicyclic) bond motifs is 1. The molecule has 1 amide bonds. The highest BCUT2D eigenvalue weighted by Crippen LogP contribution is 2.35. The zero-order chi connectivity index (χ0) is 17.1. The zero-order valence-corrected chi connectivity index (χ0v) is 14.7. The first-order chi connectivity index (χ1) is 12.3. The molecule has 25 heavy (non-hydrogen) atoms. The molecule has 1 aromatic heterocycles. The molecule has 0 radical (unpaired) electrons. The van der Waals surface area contributed by atoms with Crippen LogP contribution in [0, 0.1) is 0 Å². The Morgan fingerprint density at radius 2 is 1.80 bits per heavy atom. The molecule has 0 aliphatic carbocycles. The molecule has 1 aliphatic rings. The van der Waals surface area contributed by atoms with Crippen molar-refractivity contribution in [2.75, 3.05) is 5.75 Å². The average Bonchev–Trinajstić information content (AvgIpc) is 3.17. The summed E-state index contributed by atoms with van der Waals surface area (Å²) in [6.07, 6.45) is 5.43. The van der Waals surface area contributed by atoms with E-state index in [4.69, 9.17) is 0 Å². The Kier molecular flexibility index (Phi) is 4.61. The molecule has 3 nitrogen and oxygen atoms in total. The van der Waals surface area contributed by atoms with Gasteiger partial charge >= 0.3 is 0 Å². The SMILES string of the molecule is O=C(Cc1ccc(-n2cccc2)cc1)NC1CCSc2ccccc21. The summed E-state index contributed by atoms with van der Waals surface area (Å²) in [6, 6.07) is 20.7. The number of hydrogen-bond acceptors (Lipinski definition) is 2. The Balaban J connectivity index is 1.41. The van der Waals surface area contributed by atoms with Gasteiger partial charge in [0.25, 0.3) is 0 Å². The van der Waals surface area contributed by atoms with Gasteiger partial charge in [-0.2, -0.15) is 0 Å². The van der Waals surface area contributed by atoms with Crippen LogP contribution in [0.1, 0.15) is 23.6 Å². The second-order valence-electron chi connectivity index (χ2n) is 6.23. The van der Waals surface area contributed by atoms with E-state index in [-0.39, 0.29) is 11.9 Å². The van der Waals surface area contributed by atoms with Crippen LogP contribution in [-0.2, 0) is 11.2 Å². The van der Waals surface area contributed by atoms with Crippen molar-refractivity contribution in [3.8, 4) is 5.69 Å². The number of thioether (sulfide) groups is 1. The molecular formula is C21H20N2OS. The van der Waals surface area contributed by atoms with Crippen LogP contribution >= 0.6 is 11.8 Å². The molecule has 0 saturated carbocycles. The summed E-state index contributed by atoms with van der Waals surface area (Å²) in [5.41, 5.74) is 3.38. The average molecular weight is 348 g/mol. The molecule has 2 aromatic carbocycles. The number of nitrogens with zero attached hydrogens (tertiary/aromatic N) is 1. The smallest absolute Gasteiger partial charge is 0.224 e. The van der Waals surface area contributed by atoms with Crippen molar-refractivity contribution in [3.63, 3.8) is 0 Å². The van der Waals surface area contributed by atoms with Crippen LogP contribution < -0.4 is 5.32 Å². The number of nitrogens with one attached hydrogen (secondary N) is 1. The van der Waals surface area contributed by atoms with Gasteiger partial charge in [0.2, 0.25) is 5.91 Å². The van der Waals surface area contributed by atoms with Gasteiger partial charge in [-0.1, -0.05) is 30.3 Å². The minimum absolute atomic E-state index is 0.0837. The fraction of sp³-hybridized carbons (Fsp3) is 0.190. The highest BCUT2D eigenvalue weighted by Gasteiger charge is 2.21. The van der Waals surface area contributed by atoms with E-state index in [1.807, 2.05) is 54.5 Å². The van der Waals surface area contributed by atoms with Crippen LogP contribution in [0.4, 0.5) is 0 Å². The Morgan fingerprint density at radius 3 is 2.60 bits per heavy atom. The molecular weight excluding hydrogens is 328 g/mol. The zero-order valence-electron chi connectivity index (χ0n) is 13.9. The first kappa shape index (κ1) is 16.0. The van der Waals surface area contributed by atoms with E-state index in [9.17, 15) is 4.79 Å². The largest absolute Gasteiger partial charge is 0.349 e. The maximum atomic E-state index is 12.5. The first-order valence-corrected chi connectivity index (χ1v) is 9.51. The number of benzene rings is 2. The van der Waals surface area contributed by atoms with Gasteiger partial charge in [0, 0.05) is 28.7 Å². The van der Waals surface area contributed by atoms with Crippen molar-refractivity contribution in [2.45, 2.75) is 23.8 Å². The lowest BCUT2D eigenvalue weighted by molar-refractivity contribution is -0.121. The molecule has 1 unspecified atom stereocenters. The number of rotatable bonds is 4. The molecule has 4 heteroatoms. The van der Waals surface area contributed by atoms with Crippen molar-refractivity contribution in [1.29, 1.82) is 0 Å². The van der Waals surface area contributed by atoms with Crippen molar-refractivity contribution >= 4 is 17.7 Å². The van der Waals surface area contributed by atoms with Crippen molar-refractivity contribution in [1.82, 2.24) is 9.88 Å². The second-order valence-corrected chi connectivity index (χ2v) is 7.37. The van der Waals surface area contributed by atoms with Crippen LogP contribution in [0.5, 0.6) is 0 Å². The van der Waals surface area contributed by atoms with E-state index in [0.717, 1.165) is 23.4 Å². The van der Waals surface area contributed by atoms with Gasteiger partial charge in [-0.15, -0.1) is 11.8 Å². The third kappa shape index (κ3) is 3.64. The molecule has 1 aliphatic heterocycles. The van der Waals surface area contributed by atoms with Crippen LogP contribution in [0.15, 0.2) is 78.0 Å². The van der Waals surface area contributed by atoms with Gasteiger partial charge in [-0.3, -0.25) is 4.79 Å². The summed E-state index contributed by atoms with van der Waals surface area (Å²) >= 11 is 1.87.